The molecule has 2 aromatic heterocycles. The van der Waals surface area contributed by atoms with Crippen LogP contribution in [0.4, 0.5) is 5.69 Å². The van der Waals surface area contributed by atoms with Gasteiger partial charge in [-0.15, -0.1) is 0 Å². The summed E-state index contributed by atoms with van der Waals surface area (Å²) >= 11 is 0. The van der Waals surface area contributed by atoms with Crippen molar-refractivity contribution in [1.29, 1.82) is 0 Å². The summed E-state index contributed by atoms with van der Waals surface area (Å²) in [6, 6.07) is 35.9. The van der Waals surface area contributed by atoms with E-state index in [0.717, 1.165) is 50.0 Å². The molecule has 3 heterocycles. The Morgan fingerprint density at radius 3 is 2.49 bits per heavy atom. The van der Waals surface area contributed by atoms with E-state index in [1.807, 2.05) is 24.3 Å². The molecule has 0 saturated heterocycles. The summed E-state index contributed by atoms with van der Waals surface area (Å²) < 4.78 is 15.2. The van der Waals surface area contributed by atoms with Gasteiger partial charge in [0.05, 0.1) is 5.52 Å². The highest BCUT2D eigenvalue weighted by molar-refractivity contribution is 6.20. The first-order chi connectivity index (χ1) is 20.2. The lowest BCUT2D eigenvalue weighted by Crippen LogP contribution is -2.17. The third kappa shape index (κ3) is 3.22. The fourth-order valence-electron chi connectivity index (χ4n) is 6.97. The molecule has 0 bridgehead atoms. The summed E-state index contributed by atoms with van der Waals surface area (Å²) in [6.45, 7) is 0.660. The van der Waals surface area contributed by atoms with Gasteiger partial charge in [0.15, 0.2) is 5.58 Å². The zero-order valence-electron chi connectivity index (χ0n) is 22.2. The van der Waals surface area contributed by atoms with E-state index in [-0.39, 0.29) is 12.0 Å². The number of aromatic nitrogens is 1. The molecule has 5 aromatic carbocycles. The monoisotopic (exact) mass is 530 g/mol. The average Bonchev–Trinajstić information content (AvgIpc) is 3.67. The van der Waals surface area contributed by atoms with Gasteiger partial charge in [-0.1, -0.05) is 84.9 Å². The minimum Gasteiger partial charge on any atom is -0.485 e. The zero-order valence-corrected chi connectivity index (χ0v) is 22.2. The molecule has 0 saturated carbocycles. The highest BCUT2D eigenvalue weighted by atomic mass is 16.5. The first-order valence-corrected chi connectivity index (χ1v) is 14.1. The van der Waals surface area contributed by atoms with E-state index in [4.69, 9.17) is 14.9 Å². The predicted octanol–water partition coefficient (Wildman–Crippen LogP) is 8.82. The van der Waals surface area contributed by atoms with Gasteiger partial charge in [0, 0.05) is 56.3 Å². The lowest BCUT2D eigenvalue weighted by atomic mass is 9.85. The Labute approximate surface area is 236 Å². The molecule has 0 fully saturated rings. The van der Waals surface area contributed by atoms with Gasteiger partial charge in [0.25, 0.3) is 0 Å². The molecular formula is C37H26N2O2. The van der Waals surface area contributed by atoms with E-state index in [0.29, 0.717) is 6.54 Å². The number of allylic oxidation sites excluding steroid dienone is 2. The second-order valence-electron chi connectivity index (χ2n) is 11.0. The SMILES string of the molecule is Nc1cccc(Cn2c3ccccc3c3ccc4c5ccccc5oc4c32)c1C1=CC2c3ccccc3OC2C=C1. The van der Waals surface area contributed by atoms with Crippen molar-refractivity contribution in [2.24, 2.45) is 0 Å². The zero-order chi connectivity index (χ0) is 27.1. The number of fused-ring (bicyclic) bond motifs is 10. The van der Waals surface area contributed by atoms with Crippen LogP contribution in [0.3, 0.4) is 0 Å². The first-order valence-electron chi connectivity index (χ1n) is 14.1. The molecule has 4 nitrogen and oxygen atoms in total. The second-order valence-corrected chi connectivity index (χ2v) is 11.0. The largest absolute Gasteiger partial charge is 0.485 e. The molecular weight excluding hydrogens is 504 g/mol. The normalized spacial score (nSPS) is 17.7. The second kappa shape index (κ2) is 8.39. The standard InChI is InChI=1S/C37H26N2O2/c38-30-12-7-8-23(35(30)22-16-19-34-29(20-22)26-11-3-5-14-32(26)40-34)21-39-31-13-4-1-9-24(31)27-17-18-28-25-10-2-6-15-33(25)41-37(28)36(27)39/h1-20,29,34H,21,38H2. The lowest BCUT2D eigenvalue weighted by Gasteiger charge is -2.22. The smallest absolute Gasteiger partial charge is 0.159 e. The summed E-state index contributed by atoms with van der Waals surface area (Å²) in [7, 11) is 0. The van der Waals surface area contributed by atoms with Crippen molar-refractivity contribution in [2.45, 2.75) is 18.6 Å². The minimum absolute atomic E-state index is 0.0169. The molecule has 41 heavy (non-hydrogen) atoms. The van der Waals surface area contributed by atoms with Crippen LogP contribution in [0.2, 0.25) is 0 Å². The maximum atomic E-state index is 6.75. The van der Waals surface area contributed by atoms with Crippen molar-refractivity contribution < 1.29 is 9.15 Å². The molecule has 196 valence electrons. The summed E-state index contributed by atoms with van der Waals surface area (Å²) in [5.41, 5.74) is 16.2. The predicted molar refractivity (Wildman–Crippen MR) is 167 cm³/mol. The van der Waals surface area contributed by atoms with Crippen molar-refractivity contribution in [1.82, 2.24) is 4.57 Å². The van der Waals surface area contributed by atoms with Crippen LogP contribution in [-0.4, -0.2) is 10.7 Å². The molecule has 2 N–H and O–H groups in total. The molecule has 0 amide bonds. The van der Waals surface area contributed by atoms with E-state index >= 15 is 0 Å². The number of nitrogens with zero attached hydrogens (tertiary/aromatic N) is 1. The number of hydrogen-bond acceptors (Lipinski definition) is 3. The minimum atomic E-state index is 0.0169. The molecule has 2 atom stereocenters. The molecule has 2 aliphatic rings. The average molecular weight is 531 g/mol. The molecule has 0 radical (unpaired) electrons. The van der Waals surface area contributed by atoms with Crippen LogP contribution in [-0.2, 0) is 6.54 Å². The number of nitrogens with two attached hydrogens (primary N) is 1. The Kier molecular flexibility index (Phi) is 4.62. The van der Waals surface area contributed by atoms with Crippen LogP contribution < -0.4 is 10.5 Å². The molecule has 1 aliphatic carbocycles. The lowest BCUT2D eigenvalue weighted by molar-refractivity contribution is 0.269. The van der Waals surface area contributed by atoms with Gasteiger partial charge in [-0.25, -0.2) is 0 Å². The van der Waals surface area contributed by atoms with Gasteiger partial charge >= 0.3 is 0 Å². The topological polar surface area (TPSA) is 53.3 Å². The van der Waals surface area contributed by atoms with Gasteiger partial charge in [-0.2, -0.15) is 0 Å². The Hall–Kier alpha value is -5.22. The first kappa shape index (κ1) is 22.6. The number of rotatable bonds is 3. The molecule has 7 aromatic rings. The number of ether oxygens (including phenoxy) is 1. The third-order valence-corrected chi connectivity index (χ3v) is 8.80. The number of anilines is 1. The van der Waals surface area contributed by atoms with E-state index in [2.05, 4.69) is 102 Å². The summed E-state index contributed by atoms with van der Waals surface area (Å²) in [6.07, 6.45) is 6.69. The fourth-order valence-corrected chi connectivity index (χ4v) is 6.97. The number of nitrogen functional groups attached to an aromatic ring is 1. The molecule has 2 unspecified atom stereocenters. The van der Waals surface area contributed by atoms with Crippen LogP contribution in [0.25, 0.3) is 49.3 Å². The quantitative estimate of drug-likeness (QED) is 0.232. The van der Waals surface area contributed by atoms with Gasteiger partial charge in [-0.05, 0) is 47.5 Å². The van der Waals surface area contributed by atoms with Crippen LogP contribution >= 0.6 is 0 Å². The van der Waals surface area contributed by atoms with Crippen LogP contribution in [0.5, 0.6) is 5.75 Å². The number of benzene rings is 5. The maximum Gasteiger partial charge on any atom is 0.159 e. The van der Waals surface area contributed by atoms with E-state index in [1.54, 1.807) is 0 Å². The van der Waals surface area contributed by atoms with Crippen molar-refractivity contribution in [3.05, 3.63) is 138 Å². The van der Waals surface area contributed by atoms with Crippen molar-refractivity contribution in [2.75, 3.05) is 5.73 Å². The number of para-hydroxylation sites is 3. The summed E-state index contributed by atoms with van der Waals surface area (Å²) in [5, 5.41) is 4.68. The van der Waals surface area contributed by atoms with E-state index < -0.39 is 0 Å². The third-order valence-electron chi connectivity index (χ3n) is 8.80. The Morgan fingerprint density at radius 1 is 0.732 bits per heavy atom. The van der Waals surface area contributed by atoms with Crippen molar-refractivity contribution in [3.63, 3.8) is 0 Å². The number of furan rings is 1. The fraction of sp³-hybridized carbons (Fsp3) is 0.0811. The van der Waals surface area contributed by atoms with Gasteiger partial charge in [0.1, 0.15) is 17.4 Å². The van der Waals surface area contributed by atoms with Crippen molar-refractivity contribution in [3.8, 4) is 5.75 Å². The highest BCUT2D eigenvalue weighted by Crippen LogP contribution is 2.45. The van der Waals surface area contributed by atoms with E-state index in [1.165, 1.54) is 27.4 Å². The highest BCUT2D eigenvalue weighted by Gasteiger charge is 2.33. The number of hydrogen-bond donors (Lipinski definition) is 1. The van der Waals surface area contributed by atoms with Crippen LogP contribution in [0.15, 0.2) is 126 Å². The molecule has 9 rings (SSSR count). The van der Waals surface area contributed by atoms with Gasteiger partial charge < -0.3 is 19.5 Å². The van der Waals surface area contributed by atoms with Crippen LogP contribution in [0.1, 0.15) is 22.6 Å². The molecule has 4 heteroatoms. The summed E-state index contributed by atoms with van der Waals surface area (Å²) in [5.74, 6) is 1.13. The maximum absolute atomic E-state index is 6.75. The molecule has 1 aliphatic heterocycles. The molecule has 0 spiro atoms. The van der Waals surface area contributed by atoms with E-state index in [9.17, 15) is 0 Å². The summed E-state index contributed by atoms with van der Waals surface area (Å²) in [4.78, 5) is 0. The van der Waals surface area contributed by atoms with Gasteiger partial charge in [0.2, 0.25) is 0 Å². The Morgan fingerprint density at radius 2 is 1.54 bits per heavy atom. The Balaban J connectivity index is 1.26. The Bertz CT molecular complexity index is 2250. The van der Waals surface area contributed by atoms with Gasteiger partial charge in [-0.3, -0.25) is 0 Å². The van der Waals surface area contributed by atoms with Crippen LogP contribution in [0, 0.1) is 0 Å². The van der Waals surface area contributed by atoms with Crippen molar-refractivity contribution >= 4 is 55.0 Å².